The summed E-state index contributed by atoms with van der Waals surface area (Å²) in [7, 11) is -9.89. The number of phosphoric ester groups is 2. The van der Waals surface area contributed by atoms with E-state index in [1.165, 1.54) is 154 Å². The van der Waals surface area contributed by atoms with E-state index in [0.717, 1.165) is 108 Å². The minimum atomic E-state index is -4.95. The van der Waals surface area contributed by atoms with Gasteiger partial charge in [0.2, 0.25) is 0 Å². The Labute approximate surface area is 530 Å². The molecule has 17 nitrogen and oxygen atoms in total. The van der Waals surface area contributed by atoms with Gasteiger partial charge in [0.05, 0.1) is 26.4 Å². The van der Waals surface area contributed by atoms with Crippen molar-refractivity contribution in [1.82, 2.24) is 0 Å². The van der Waals surface area contributed by atoms with Crippen molar-refractivity contribution in [2.45, 2.75) is 362 Å². The van der Waals surface area contributed by atoms with E-state index in [2.05, 4.69) is 41.5 Å². The molecule has 0 saturated carbocycles. The number of hydrogen-bond acceptors (Lipinski definition) is 15. The molecule has 19 heteroatoms. The van der Waals surface area contributed by atoms with Gasteiger partial charge in [-0.25, -0.2) is 9.13 Å². The number of ether oxygens (including phenoxy) is 4. The average Bonchev–Trinajstić information content (AvgIpc) is 3.60. The van der Waals surface area contributed by atoms with Crippen LogP contribution < -0.4 is 0 Å². The first-order valence-electron chi connectivity index (χ1n) is 35.6. The zero-order chi connectivity index (χ0) is 64.3. The average molecular weight is 1280 g/mol. The minimum absolute atomic E-state index is 0.102. The molecule has 0 aliphatic rings. The van der Waals surface area contributed by atoms with Crippen LogP contribution in [0.15, 0.2) is 0 Å². The summed E-state index contributed by atoms with van der Waals surface area (Å²) in [6.07, 6.45) is 45.0. The van der Waals surface area contributed by atoms with Crippen molar-refractivity contribution in [2.75, 3.05) is 39.6 Å². The SMILES string of the molecule is CCCCCCCCCCCCCCCCCCCCCCC(=O)O[C@H](COC(=O)CCCCCCCCCCC(C)CC)COP(=O)(O)OC[C@@H](O)COP(=O)(O)OC[C@@H](COC(=O)CCCCCCC)OC(=O)CCCCCCCCC(C)CC. The van der Waals surface area contributed by atoms with Crippen LogP contribution in [0, 0.1) is 11.8 Å². The van der Waals surface area contributed by atoms with Gasteiger partial charge < -0.3 is 33.8 Å². The van der Waals surface area contributed by atoms with Crippen molar-refractivity contribution < 1.29 is 80.2 Å². The lowest BCUT2D eigenvalue weighted by Gasteiger charge is -2.21. The standard InChI is InChI=1S/C68H132O17P2/c1-7-11-13-15-16-17-18-19-20-21-22-23-24-25-26-27-28-33-40-46-52-67(72)84-64(57-79-66(71)51-45-39-32-30-29-31-37-42-48-60(5)9-3)59-83-87(76,77)81-55-62(69)54-80-86(74,75)82-58-63(56-78-65(70)50-44-36-14-12-8-2)85-68(73)53-47-41-35-34-38-43-49-61(6)10-4/h60-64,69H,7-59H2,1-6H3,(H,74,75)(H,76,77)/t60?,61?,62-,63+,64+/m0/s1. The van der Waals surface area contributed by atoms with E-state index >= 15 is 0 Å². The fraction of sp³-hybridized carbons (Fsp3) is 0.941. The molecule has 0 heterocycles. The molecule has 3 N–H and O–H groups in total. The first kappa shape index (κ1) is 85.1. The largest absolute Gasteiger partial charge is 0.472 e. The number of aliphatic hydroxyl groups excluding tert-OH is 1. The van der Waals surface area contributed by atoms with E-state index in [9.17, 15) is 43.2 Å². The lowest BCUT2D eigenvalue weighted by atomic mass is 9.99. The summed E-state index contributed by atoms with van der Waals surface area (Å²) in [6, 6.07) is 0. The van der Waals surface area contributed by atoms with Crippen LogP contribution in [0.25, 0.3) is 0 Å². The molecule has 0 aliphatic heterocycles. The van der Waals surface area contributed by atoms with E-state index in [4.69, 9.17) is 37.0 Å². The van der Waals surface area contributed by atoms with Gasteiger partial charge in [-0.2, -0.15) is 0 Å². The summed E-state index contributed by atoms with van der Waals surface area (Å²) in [5.41, 5.74) is 0. The molecule has 0 spiro atoms. The summed E-state index contributed by atoms with van der Waals surface area (Å²) in [4.78, 5) is 72.1. The third-order valence-corrected chi connectivity index (χ3v) is 18.3. The van der Waals surface area contributed by atoms with Crippen LogP contribution in [0.4, 0.5) is 0 Å². The molecule has 0 radical (unpaired) electrons. The molecule has 0 aliphatic carbocycles. The van der Waals surface area contributed by atoms with E-state index in [-0.39, 0.29) is 25.7 Å². The van der Waals surface area contributed by atoms with Crippen molar-refractivity contribution >= 4 is 39.5 Å². The fourth-order valence-corrected chi connectivity index (χ4v) is 11.8. The van der Waals surface area contributed by atoms with E-state index in [0.29, 0.717) is 25.7 Å². The molecule has 4 unspecified atom stereocenters. The number of hydrogen-bond donors (Lipinski definition) is 3. The Hall–Kier alpha value is -1.94. The zero-order valence-corrected chi connectivity index (χ0v) is 58.1. The number of phosphoric acid groups is 2. The van der Waals surface area contributed by atoms with Crippen LogP contribution in [-0.2, 0) is 65.4 Å². The van der Waals surface area contributed by atoms with Gasteiger partial charge in [-0.15, -0.1) is 0 Å². The normalized spacial score (nSPS) is 14.8. The number of rotatable bonds is 67. The van der Waals surface area contributed by atoms with Crippen LogP contribution in [0.1, 0.15) is 343 Å². The molecule has 0 amide bonds. The molecular formula is C68H132O17P2. The van der Waals surface area contributed by atoms with E-state index in [1.54, 1.807) is 0 Å². The number of carbonyl (C=O) groups excluding carboxylic acids is 4. The Kier molecular flexibility index (Phi) is 59.0. The maximum absolute atomic E-state index is 13.0. The van der Waals surface area contributed by atoms with Gasteiger partial charge in [-0.1, -0.05) is 292 Å². The molecule has 0 aromatic carbocycles. The van der Waals surface area contributed by atoms with Crippen molar-refractivity contribution in [3.8, 4) is 0 Å². The number of aliphatic hydroxyl groups is 1. The molecule has 0 bridgehead atoms. The summed E-state index contributed by atoms with van der Waals surface area (Å²) in [5, 5.41) is 10.5. The van der Waals surface area contributed by atoms with Gasteiger partial charge in [0.1, 0.15) is 19.3 Å². The highest BCUT2D eigenvalue weighted by Gasteiger charge is 2.30. The van der Waals surface area contributed by atoms with Crippen molar-refractivity contribution in [2.24, 2.45) is 11.8 Å². The summed E-state index contributed by atoms with van der Waals surface area (Å²) in [5.74, 6) is -0.645. The lowest BCUT2D eigenvalue weighted by Crippen LogP contribution is -2.30. The van der Waals surface area contributed by atoms with Gasteiger partial charge in [0.15, 0.2) is 12.2 Å². The van der Waals surface area contributed by atoms with Crippen LogP contribution in [0.3, 0.4) is 0 Å². The maximum Gasteiger partial charge on any atom is 0.472 e. The van der Waals surface area contributed by atoms with Crippen molar-refractivity contribution in [3.63, 3.8) is 0 Å². The van der Waals surface area contributed by atoms with Gasteiger partial charge >= 0.3 is 39.5 Å². The second-order valence-electron chi connectivity index (χ2n) is 25.0. The van der Waals surface area contributed by atoms with Gasteiger partial charge in [-0.3, -0.25) is 37.3 Å². The topological polar surface area (TPSA) is 237 Å². The Morgan fingerprint density at radius 3 is 0.816 bits per heavy atom. The number of unbranched alkanes of at least 4 members (excludes halogenated alkanes) is 35. The smallest absolute Gasteiger partial charge is 0.462 e. The minimum Gasteiger partial charge on any atom is -0.462 e. The van der Waals surface area contributed by atoms with Crippen LogP contribution in [0.5, 0.6) is 0 Å². The highest BCUT2D eigenvalue weighted by Crippen LogP contribution is 2.45. The zero-order valence-electron chi connectivity index (χ0n) is 56.3. The van der Waals surface area contributed by atoms with Gasteiger partial charge in [0, 0.05) is 25.7 Å². The third-order valence-electron chi connectivity index (χ3n) is 16.4. The second-order valence-corrected chi connectivity index (χ2v) is 28.0. The molecule has 0 rings (SSSR count). The summed E-state index contributed by atoms with van der Waals surface area (Å²) >= 11 is 0. The van der Waals surface area contributed by atoms with Crippen LogP contribution in [-0.4, -0.2) is 96.7 Å². The second kappa shape index (κ2) is 60.3. The van der Waals surface area contributed by atoms with Crippen LogP contribution >= 0.6 is 15.6 Å². The summed E-state index contributed by atoms with van der Waals surface area (Å²) in [6.45, 7) is 9.39. The number of esters is 4. The molecule has 0 fully saturated rings. The van der Waals surface area contributed by atoms with E-state index in [1.807, 2.05) is 0 Å². The van der Waals surface area contributed by atoms with Crippen LogP contribution in [0.2, 0.25) is 0 Å². The van der Waals surface area contributed by atoms with Crippen molar-refractivity contribution in [1.29, 1.82) is 0 Å². The highest BCUT2D eigenvalue weighted by atomic mass is 31.2. The monoisotopic (exact) mass is 1280 g/mol. The Bertz CT molecular complexity index is 1700. The quantitative estimate of drug-likeness (QED) is 0.0222. The molecule has 516 valence electrons. The Morgan fingerprint density at radius 1 is 0.322 bits per heavy atom. The van der Waals surface area contributed by atoms with Gasteiger partial charge in [-0.05, 0) is 37.5 Å². The first-order chi connectivity index (χ1) is 41.9. The fourth-order valence-electron chi connectivity index (χ4n) is 10.2. The maximum atomic E-state index is 13.0. The van der Waals surface area contributed by atoms with Crippen molar-refractivity contribution in [3.05, 3.63) is 0 Å². The van der Waals surface area contributed by atoms with Gasteiger partial charge in [0.25, 0.3) is 0 Å². The number of carbonyl (C=O) groups is 4. The first-order valence-corrected chi connectivity index (χ1v) is 38.6. The lowest BCUT2D eigenvalue weighted by molar-refractivity contribution is -0.161. The molecule has 0 saturated heterocycles. The third kappa shape index (κ3) is 60.1. The molecule has 0 aromatic rings. The predicted octanol–water partition coefficient (Wildman–Crippen LogP) is 19.2. The Balaban J connectivity index is 5.13. The molecule has 0 aromatic heterocycles. The predicted molar refractivity (Wildman–Crippen MR) is 349 cm³/mol. The molecule has 7 atom stereocenters. The Morgan fingerprint density at radius 2 is 0.552 bits per heavy atom. The van der Waals surface area contributed by atoms with E-state index < -0.39 is 97.5 Å². The molecular weight excluding hydrogens is 1150 g/mol. The summed E-state index contributed by atoms with van der Waals surface area (Å²) < 4.78 is 67.9. The highest BCUT2D eigenvalue weighted by molar-refractivity contribution is 7.47. The molecule has 87 heavy (non-hydrogen) atoms.